The van der Waals surface area contributed by atoms with Crippen LogP contribution in [-0.4, -0.2) is 0 Å². The van der Waals surface area contributed by atoms with Crippen molar-refractivity contribution >= 4 is 11.4 Å². The second-order valence-corrected chi connectivity index (χ2v) is 9.45. The molecule has 0 saturated carbocycles. The second kappa shape index (κ2) is 9.75. The Labute approximate surface area is 220 Å². The Bertz CT molecular complexity index is 1560. The van der Waals surface area contributed by atoms with Gasteiger partial charge in [-0.2, -0.15) is 13.2 Å². The van der Waals surface area contributed by atoms with E-state index >= 15 is 0 Å². The van der Waals surface area contributed by atoms with Gasteiger partial charge in [-0.3, -0.25) is 0 Å². The van der Waals surface area contributed by atoms with Crippen molar-refractivity contribution in [3.8, 4) is 11.1 Å². The Hall–Kier alpha value is -4.51. The van der Waals surface area contributed by atoms with Gasteiger partial charge in [0.2, 0.25) is 0 Å². The summed E-state index contributed by atoms with van der Waals surface area (Å²) in [6.07, 6.45) is -4.54. The number of halogens is 3. The summed E-state index contributed by atoms with van der Waals surface area (Å²) in [5.41, 5.74) is 17.3. The quantitative estimate of drug-likeness (QED) is 0.186. The molecule has 1 unspecified atom stereocenters. The molecule has 0 amide bonds. The molecule has 4 N–H and O–H groups in total. The lowest BCUT2D eigenvalue weighted by Gasteiger charge is -2.39. The van der Waals surface area contributed by atoms with Gasteiger partial charge in [-0.05, 0) is 64.6 Å². The molecule has 1 atom stereocenters. The number of anilines is 2. The molecular formula is C33H27F3N2. The maximum absolute atomic E-state index is 14.0. The first-order valence-corrected chi connectivity index (χ1v) is 12.3. The van der Waals surface area contributed by atoms with E-state index in [0.29, 0.717) is 16.8 Å². The van der Waals surface area contributed by atoms with Gasteiger partial charge in [-0.15, -0.1) is 0 Å². The minimum absolute atomic E-state index is 0.245. The van der Waals surface area contributed by atoms with E-state index in [1.807, 2.05) is 104 Å². The average molecular weight is 509 g/mol. The number of benzene rings is 5. The zero-order chi connectivity index (χ0) is 26.9. The molecule has 190 valence electrons. The molecule has 0 aromatic heterocycles. The number of rotatable bonds is 5. The van der Waals surface area contributed by atoms with E-state index in [9.17, 15) is 13.2 Å². The molecule has 0 spiro atoms. The number of hydrogen-bond acceptors (Lipinski definition) is 2. The van der Waals surface area contributed by atoms with Crippen LogP contribution >= 0.6 is 0 Å². The lowest BCUT2D eigenvalue weighted by molar-refractivity contribution is -0.137. The molecule has 38 heavy (non-hydrogen) atoms. The Kier molecular flexibility index (Phi) is 6.45. The number of nitrogens with two attached hydrogens (primary N) is 2. The summed E-state index contributed by atoms with van der Waals surface area (Å²) in [4.78, 5) is 0. The molecule has 0 saturated heterocycles. The summed E-state index contributed by atoms with van der Waals surface area (Å²) in [6, 6.07) is 36.4. The van der Waals surface area contributed by atoms with Crippen molar-refractivity contribution < 1.29 is 13.2 Å². The van der Waals surface area contributed by atoms with Crippen molar-refractivity contribution in [2.24, 2.45) is 0 Å². The van der Waals surface area contributed by atoms with Crippen LogP contribution in [0.25, 0.3) is 11.1 Å². The third-order valence-electron chi connectivity index (χ3n) is 7.03. The fourth-order valence-corrected chi connectivity index (χ4v) is 5.22. The molecule has 5 aromatic carbocycles. The van der Waals surface area contributed by atoms with Crippen LogP contribution in [0.4, 0.5) is 24.5 Å². The van der Waals surface area contributed by atoms with Gasteiger partial charge in [0.25, 0.3) is 0 Å². The van der Waals surface area contributed by atoms with Gasteiger partial charge in [0.1, 0.15) is 0 Å². The first-order chi connectivity index (χ1) is 18.2. The van der Waals surface area contributed by atoms with Crippen molar-refractivity contribution in [2.45, 2.75) is 18.5 Å². The molecule has 0 aliphatic heterocycles. The summed E-state index contributed by atoms with van der Waals surface area (Å²) in [6.45, 7) is 1.94. The number of aryl methyl sites for hydroxylation is 1. The monoisotopic (exact) mass is 508 g/mol. The Morgan fingerprint density at radius 1 is 0.500 bits per heavy atom. The number of alkyl halides is 3. The second-order valence-electron chi connectivity index (χ2n) is 9.45. The maximum atomic E-state index is 14.0. The van der Waals surface area contributed by atoms with Crippen LogP contribution in [0, 0.1) is 6.92 Å². The van der Waals surface area contributed by atoms with E-state index in [1.165, 1.54) is 6.07 Å². The molecule has 5 aromatic rings. The maximum Gasteiger partial charge on any atom is 0.416 e. The van der Waals surface area contributed by atoms with Crippen molar-refractivity contribution in [1.29, 1.82) is 0 Å². The minimum Gasteiger partial charge on any atom is -0.398 e. The number of hydrogen-bond donors (Lipinski definition) is 2. The fraction of sp³-hybridized carbons (Fsp3) is 0.0909. The summed E-state index contributed by atoms with van der Waals surface area (Å²) in [5, 5.41) is 0. The molecule has 0 aliphatic carbocycles. The lowest BCUT2D eigenvalue weighted by Crippen LogP contribution is -2.33. The van der Waals surface area contributed by atoms with Gasteiger partial charge in [-0.1, -0.05) is 103 Å². The molecule has 0 bridgehead atoms. The highest BCUT2D eigenvalue weighted by Crippen LogP contribution is 2.50. The third-order valence-corrected chi connectivity index (χ3v) is 7.03. The van der Waals surface area contributed by atoms with Crippen LogP contribution in [0.5, 0.6) is 0 Å². The molecule has 5 heteroatoms. The molecule has 0 heterocycles. The van der Waals surface area contributed by atoms with Crippen molar-refractivity contribution in [3.05, 3.63) is 155 Å². The van der Waals surface area contributed by atoms with Gasteiger partial charge in [-0.25, -0.2) is 0 Å². The zero-order valence-corrected chi connectivity index (χ0v) is 20.8. The smallest absolute Gasteiger partial charge is 0.398 e. The highest BCUT2D eigenvalue weighted by molar-refractivity contribution is 5.73. The Morgan fingerprint density at radius 2 is 0.974 bits per heavy atom. The fourth-order valence-electron chi connectivity index (χ4n) is 5.22. The standard InChI is InChI=1S/C33H27F3N2/c1-22-12-18-30(37)28(20-22)32(25-10-6-3-7-11-25,29-21-27(33(34,35)36)17-19-31(29)38)26-15-13-24(14-16-26)23-8-4-2-5-9-23/h2-21H,37-38H2,1H3. The van der Waals surface area contributed by atoms with Gasteiger partial charge >= 0.3 is 6.18 Å². The average Bonchev–Trinajstić information content (AvgIpc) is 2.93. The Morgan fingerprint density at radius 3 is 1.58 bits per heavy atom. The van der Waals surface area contributed by atoms with Gasteiger partial charge in [0.05, 0.1) is 11.0 Å². The topological polar surface area (TPSA) is 52.0 Å². The van der Waals surface area contributed by atoms with Crippen LogP contribution in [0.15, 0.2) is 121 Å². The molecular weight excluding hydrogens is 481 g/mol. The van der Waals surface area contributed by atoms with E-state index in [2.05, 4.69) is 0 Å². The molecule has 0 fully saturated rings. The van der Waals surface area contributed by atoms with Crippen LogP contribution < -0.4 is 11.5 Å². The first kappa shape index (κ1) is 25.2. The summed E-state index contributed by atoms with van der Waals surface area (Å²) < 4.78 is 42.0. The van der Waals surface area contributed by atoms with Gasteiger partial charge in [0.15, 0.2) is 0 Å². The van der Waals surface area contributed by atoms with Crippen molar-refractivity contribution in [3.63, 3.8) is 0 Å². The van der Waals surface area contributed by atoms with Crippen LogP contribution in [0.1, 0.15) is 33.4 Å². The highest BCUT2D eigenvalue weighted by atomic mass is 19.4. The van der Waals surface area contributed by atoms with E-state index in [1.54, 1.807) is 6.07 Å². The molecule has 2 nitrogen and oxygen atoms in total. The van der Waals surface area contributed by atoms with E-state index in [-0.39, 0.29) is 5.69 Å². The van der Waals surface area contributed by atoms with Crippen LogP contribution in [0.3, 0.4) is 0 Å². The molecule has 0 radical (unpaired) electrons. The predicted octanol–water partition coefficient (Wildman–Crippen LogP) is 8.23. The van der Waals surface area contributed by atoms with Crippen LogP contribution in [-0.2, 0) is 11.6 Å². The highest BCUT2D eigenvalue weighted by Gasteiger charge is 2.43. The van der Waals surface area contributed by atoms with Crippen molar-refractivity contribution in [1.82, 2.24) is 0 Å². The first-order valence-electron chi connectivity index (χ1n) is 12.3. The SMILES string of the molecule is Cc1ccc(N)c(C(c2ccccc2)(c2ccc(-c3ccccc3)cc2)c2cc(C(F)(F)F)ccc2N)c1. The normalized spacial score (nSPS) is 13.2. The van der Waals surface area contributed by atoms with E-state index in [4.69, 9.17) is 11.5 Å². The van der Waals surface area contributed by atoms with E-state index in [0.717, 1.165) is 39.9 Å². The summed E-state index contributed by atoms with van der Waals surface area (Å²) in [5.74, 6) is 0. The molecule has 0 aliphatic rings. The van der Waals surface area contributed by atoms with Gasteiger partial charge < -0.3 is 11.5 Å². The number of nitrogen functional groups attached to an aromatic ring is 2. The van der Waals surface area contributed by atoms with Crippen LogP contribution in [0.2, 0.25) is 0 Å². The third kappa shape index (κ3) is 4.41. The largest absolute Gasteiger partial charge is 0.416 e. The zero-order valence-electron chi connectivity index (χ0n) is 20.8. The minimum atomic E-state index is -4.54. The van der Waals surface area contributed by atoms with Gasteiger partial charge in [0, 0.05) is 11.4 Å². The molecule has 5 rings (SSSR count). The Balaban J connectivity index is 1.90. The summed E-state index contributed by atoms with van der Waals surface area (Å²) >= 11 is 0. The lowest BCUT2D eigenvalue weighted by atomic mass is 9.63. The summed E-state index contributed by atoms with van der Waals surface area (Å²) in [7, 11) is 0. The van der Waals surface area contributed by atoms with E-state index < -0.39 is 17.2 Å². The predicted molar refractivity (Wildman–Crippen MR) is 149 cm³/mol. The van der Waals surface area contributed by atoms with Crippen molar-refractivity contribution in [2.75, 3.05) is 11.5 Å².